The number of hydrogen-bond donors (Lipinski definition) is 2. The van der Waals surface area contributed by atoms with E-state index in [4.69, 9.17) is 0 Å². The summed E-state index contributed by atoms with van der Waals surface area (Å²) in [5, 5.41) is 2.64. The molecular formula is C15H15N3O3S. The first-order valence-corrected chi connectivity index (χ1v) is 8.38. The van der Waals surface area contributed by atoms with Gasteiger partial charge < -0.3 is 5.32 Å². The van der Waals surface area contributed by atoms with Gasteiger partial charge in [-0.15, -0.1) is 0 Å². The molecule has 1 amide bonds. The third-order valence-corrected chi connectivity index (χ3v) is 4.77. The number of anilines is 1. The maximum absolute atomic E-state index is 12.0. The van der Waals surface area contributed by atoms with Crippen LogP contribution >= 0.6 is 0 Å². The summed E-state index contributed by atoms with van der Waals surface area (Å²) in [6.45, 7) is 0. The number of nitrogens with one attached hydrogen (secondary N) is 2. The average Bonchev–Trinajstić information content (AvgIpc) is 3.32. The van der Waals surface area contributed by atoms with Gasteiger partial charge in [-0.1, -0.05) is 6.07 Å². The highest BCUT2D eigenvalue weighted by Crippen LogP contribution is 2.22. The van der Waals surface area contributed by atoms with Crippen LogP contribution in [0.2, 0.25) is 0 Å². The summed E-state index contributed by atoms with van der Waals surface area (Å²) in [6.07, 6.45) is 3.34. The number of nitrogens with zero attached hydrogens (tertiary/aromatic N) is 1. The molecule has 0 aliphatic heterocycles. The first kappa shape index (κ1) is 14.7. The minimum Gasteiger partial charge on any atom is -0.307 e. The lowest BCUT2D eigenvalue weighted by molar-refractivity contribution is 0.102. The van der Waals surface area contributed by atoms with Crippen molar-refractivity contribution in [1.82, 2.24) is 9.71 Å². The second kappa shape index (κ2) is 5.86. The molecule has 0 bridgehead atoms. The molecule has 1 saturated carbocycles. The number of amides is 1. The summed E-state index contributed by atoms with van der Waals surface area (Å²) in [5.74, 6) is 0.109. The SMILES string of the molecule is O=C(Nc1ccccn1)c1ccc(S(=O)(=O)NC2CC2)cc1. The first-order valence-electron chi connectivity index (χ1n) is 6.89. The summed E-state index contributed by atoms with van der Waals surface area (Å²) in [5.41, 5.74) is 0.371. The van der Waals surface area contributed by atoms with Gasteiger partial charge in [-0.25, -0.2) is 18.1 Å². The van der Waals surface area contributed by atoms with E-state index in [1.54, 1.807) is 24.4 Å². The van der Waals surface area contributed by atoms with Gasteiger partial charge in [0, 0.05) is 17.8 Å². The van der Waals surface area contributed by atoms with Crippen LogP contribution in [0.15, 0.2) is 53.6 Å². The molecule has 0 saturated heterocycles. The van der Waals surface area contributed by atoms with E-state index in [2.05, 4.69) is 15.0 Å². The van der Waals surface area contributed by atoms with Crippen LogP contribution in [0.1, 0.15) is 23.2 Å². The van der Waals surface area contributed by atoms with Crippen molar-refractivity contribution >= 4 is 21.7 Å². The molecule has 3 rings (SSSR count). The number of sulfonamides is 1. The van der Waals surface area contributed by atoms with E-state index in [0.717, 1.165) is 12.8 Å². The third-order valence-electron chi connectivity index (χ3n) is 3.23. The lowest BCUT2D eigenvalue weighted by Crippen LogP contribution is -2.25. The predicted octanol–water partition coefficient (Wildman–Crippen LogP) is 1.77. The number of pyridine rings is 1. The first-order chi connectivity index (χ1) is 10.5. The Bertz CT molecular complexity index is 769. The van der Waals surface area contributed by atoms with Gasteiger partial charge in [-0.05, 0) is 49.2 Å². The Morgan fingerprint density at radius 1 is 1.09 bits per heavy atom. The summed E-state index contributed by atoms with van der Waals surface area (Å²) >= 11 is 0. The summed E-state index contributed by atoms with van der Waals surface area (Å²) in [7, 11) is -3.49. The zero-order valence-electron chi connectivity index (χ0n) is 11.7. The number of rotatable bonds is 5. The molecule has 6 nitrogen and oxygen atoms in total. The van der Waals surface area contributed by atoms with Gasteiger partial charge in [0.2, 0.25) is 10.0 Å². The van der Waals surface area contributed by atoms with E-state index < -0.39 is 10.0 Å². The van der Waals surface area contributed by atoms with E-state index >= 15 is 0 Å². The van der Waals surface area contributed by atoms with Gasteiger partial charge in [0.1, 0.15) is 5.82 Å². The number of hydrogen-bond acceptors (Lipinski definition) is 4. The number of carbonyl (C=O) groups excluding carboxylic acids is 1. The lowest BCUT2D eigenvalue weighted by atomic mass is 10.2. The topological polar surface area (TPSA) is 88.2 Å². The van der Waals surface area contributed by atoms with E-state index in [-0.39, 0.29) is 16.8 Å². The standard InChI is InChI=1S/C15H15N3O3S/c19-15(17-14-3-1-2-10-16-14)11-4-8-13(9-5-11)22(20,21)18-12-6-7-12/h1-5,8-10,12,18H,6-7H2,(H,16,17,19). The Hall–Kier alpha value is -2.25. The van der Waals surface area contributed by atoms with Gasteiger partial charge >= 0.3 is 0 Å². The van der Waals surface area contributed by atoms with Gasteiger partial charge in [0.05, 0.1) is 4.90 Å². The maximum atomic E-state index is 12.0. The summed E-state index contributed by atoms with van der Waals surface area (Å²) in [4.78, 5) is 16.2. The van der Waals surface area contributed by atoms with E-state index in [9.17, 15) is 13.2 Å². The van der Waals surface area contributed by atoms with Crippen molar-refractivity contribution in [2.45, 2.75) is 23.8 Å². The molecule has 0 radical (unpaired) electrons. The van der Waals surface area contributed by atoms with Crippen molar-refractivity contribution in [2.24, 2.45) is 0 Å². The molecule has 0 unspecified atom stereocenters. The van der Waals surface area contributed by atoms with Gasteiger partial charge in [-0.2, -0.15) is 0 Å². The van der Waals surface area contributed by atoms with Gasteiger partial charge in [0.25, 0.3) is 5.91 Å². The molecule has 0 spiro atoms. The molecule has 2 aromatic rings. The van der Waals surface area contributed by atoms with Crippen molar-refractivity contribution in [2.75, 3.05) is 5.32 Å². The number of aromatic nitrogens is 1. The Morgan fingerprint density at radius 2 is 1.82 bits per heavy atom. The highest BCUT2D eigenvalue weighted by atomic mass is 32.2. The Morgan fingerprint density at radius 3 is 2.41 bits per heavy atom. The van der Waals surface area contributed by atoms with Crippen LogP contribution in [0.25, 0.3) is 0 Å². The molecule has 2 N–H and O–H groups in total. The van der Waals surface area contributed by atoms with Gasteiger partial charge in [-0.3, -0.25) is 4.79 Å². The Labute approximate surface area is 128 Å². The highest BCUT2D eigenvalue weighted by molar-refractivity contribution is 7.89. The van der Waals surface area contributed by atoms with Gasteiger partial charge in [0.15, 0.2) is 0 Å². The Kier molecular flexibility index (Phi) is 3.91. The molecule has 1 aliphatic carbocycles. The molecule has 114 valence electrons. The maximum Gasteiger partial charge on any atom is 0.256 e. The fraction of sp³-hybridized carbons (Fsp3) is 0.200. The summed E-state index contributed by atoms with van der Waals surface area (Å²) < 4.78 is 26.7. The van der Waals surface area contributed by atoms with Crippen LogP contribution in [0, 0.1) is 0 Å². The van der Waals surface area contributed by atoms with Crippen molar-refractivity contribution < 1.29 is 13.2 Å². The fourth-order valence-electron chi connectivity index (χ4n) is 1.90. The highest BCUT2D eigenvalue weighted by Gasteiger charge is 2.27. The van der Waals surface area contributed by atoms with E-state index in [0.29, 0.717) is 11.4 Å². The number of benzene rings is 1. The zero-order chi connectivity index (χ0) is 15.6. The molecule has 7 heteroatoms. The molecule has 1 aliphatic rings. The quantitative estimate of drug-likeness (QED) is 0.880. The van der Waals surface area contributed by atoms with Crippen LogP contribution in [0.5, 0.6) is 0 Å². The smallest absolute Gasteiger partial charge is 0.256 e. The second-order valence-electron chi connectivity index (χ2n) is 5.09. The van der Waals surface area contributed by atoms with Crippen molar-refractivity contribution in [1.29, 1.82) is 0 Å². The van der Waals surface area contributed by atoms with Crippen molar-refractivity contribution in [3.8, 4) is 0 Å². The largest absolute Gasteiger partial charge is 0.307 e. The molecule has 1 fully saturated rings. The van der Waals surface area contributed by atoms with E-state index in [1.165, 1.54) is 24.3 Å². The Balaban J connectivity index is 1.72. The molecule has 1 heterocycles. The molecule has 22 heavy (non-hydrogen) atoms. The van der Waals surface area contributed by atoms with Crippen LogP contribution < -0.4 is 10.0 Å². The monoisotopic (exact) mass is 317 g/mol. The van der Waals surface area contributed by atoms with Crippen molar-refractivity contribution in [3.63, 3.8) is 0 Å². The average molecular weight is 317 g/mol. The van der Waals surface area contributed by atoms with Crippen LogP contribution in [-0.2, 0) is 10.0 Å². The van der Waals surface area contributed by atoms with Crippen LogP contribution in [0.3, 0.4) is 0 Å². The molecule has 1 aromatic heterocycles. The van der Waals surface area contributed by atoms with Crippen LogP contribution in [-0.4, -0.2) is 25.4 Å². The molecular weight excluding hydrogens is 302 g/mol. The summed E-state index contributed by atoms with van der Waals surface area (Å²) in [6, 6.07) is 11.1. The van der Waals surface area contributed by atoms with E-state index in [1.807, 2.05) is 0 Å². The fourth-order valence-corrected chi connectivity index (χ4v) is 3.20. The number of carbonyl (C=O) groups is 1. The lowest BCUT2D eigenvalue weighted by Gasteiger charge is -2.07. The molecule has 1 aromatic carbocycles. The third kappa shape index (κ3) is 3.49. The minimum absolute atomic E-state index is 0.0529. The predicted molar refractivity (Wildman–Crippen MR) is 82.0 cm³/mol. The van der Waals surface area contributed by atoms with Crippen molar-refractivity contribution in [3.05, 3.63) is 54.2 Å². The zero-order valence-corrected chi connectivity index (χ0v) is 12.5. The molecule has 0 atom stereocenters. The normalized spacial score (nSPS) is 14.5. The second-order valence-corrected chi connectivity index (χ2v) is 6.80. The van der Waals surface area contributed by atoms with Crippen LogP contribution in [0.4, 0.5) is 5.82 Å². The minimum atomic E-state index is -3.49.